The normalized spacial score (nSPS) is 11.3. The van der Waals surface area contributed by atoms with Gasteiger partial charge < -0.3 is 19.4 Å². The topological polar surface area (TPSA) is 70.3 Å². The summed E-state index contributed by atoms with van der Waals surface area (Å²) in [6, 6.07) is 15.6. The third-order valence-electron chi connectivity index (χ3n) is 4.96. The van der Waals surface area contributed by atoms with E-state index in [0.29, 0.717) is 24.6 Å². The Morgan fingerprint density at radius 2 is 1.79 bits per heavy atom. The van der Waals surface area contributed by atoms with Crippen LogP contribution in [0.5, 0.6) is 11.5 Å². The number of carbonyl (C=O) groups is 1. The molecule has 0 spiro atoms. The van der Waals surface area contributed by atoms with Crippen LogP contribution in [0, 0.1) is 0 Å². The van der Waals surface area contributed by atoms with Crippen LogP contribution < -0.4 is 14.8 Å². The predicted molar refractivity (Wildman–Crippen MR) is 120 cm³/mol. The smallest absolute Gasteiger partial charge is 0.491 e. The highest BCUT2D eigenvalue weighted by Gasteiger charge is 2.31. The first-order valence-electron chi connectivity index (χ1n) is 10.3. The molecular formula is C24H21F3N4O3. The lowest BCUT2D eigenvalue weighted by Crippen LogP contribution is -2.17. The Morgan fingerprint density at radius 1 is 1.06 bits per heavy atom. The van der Waals surface area contributed by atoms with Crippen LogP contribution >= 0.6 is 0 Å². The van der Waals surface area contributed by atoms with Gasteiger partial charge in [0.1, 0.15) is 18.1 Å². The van der Waals surface area contributed by atoms with Crippen LogP contribution in [0.15, 0.2) is 79.3 Å². The Balaban J connectivity index is 1.50. The summed E-state index contributed by atoms with van der Waals surface area (Å²) in [5.41, 5.74) is 2.21. The molecule has 0 unspecified atom stereocenters. The minimum absolute atomic E-state index is 0.184. The number of carbonyl (C=O) groups excluding carboxylic acids is 1. The number of nitrogens with zero attached hydrogens (tertiary/aromatic N) is 3. The molecule has 0 saturated heterocycles. The zero-order valence-electron chi connectivity index (χ0n) is 18.1. The summed E-state index contributed by atoms with van der Waals surface area (Å²) in [5, 5.41) is 6.97. The average molecular weight is 470 g/mol. The molecule has 2 aromatic carbocycles. The number of benzene rings is 2. The van der Waals surface area contributed by atoms with Crippen LogP contribution in [0.25, 0.3) is 11.3 Å². The fourth-order valence-corrected chi connectivity index (χ4v) is 3.36. The van der Waals surface area contributed by atoms with Gasteiger partial charge in [-0.1, -0.05) is 0 Å². The minimum atomic E-state index is -4.79. The number of amides is 1. The number of hydrogen-bond donors (Lipinski definition) is 1. The molecule has 176 valence electrons. The Labute approximate surface area is 193 Å². The van der Waals surface area contributed by atoms with E-state index in [0.717, 1.165) is 23.4 Å². The predicted octanol–water partition coefficient (Wildman–Crippen LogP) is 5.12. The highest BCUT2D eigenvalue weighted by Crippen LogP contribution is 2.33. The van der Waals surface area contributed by atoms with Gasteiger partial charge >= 0.3 is 6.36 Å². The first kappa shape index (κ1) is 23.0. The van der Waals surface area contributed by atoms with Crippen LogP contribution in [0.4, 0.5) is 18.9 Å². The Morgan fingerprint density at radius 3 is 2.44 bits per heavy atom. The number of alkyl halides is 3. The zero-order chi connectivity index (χ0) is 24.1. The molecule has 2 aromatic heterocycles. The summed E-state index contributed by atoms with van der Waals surface area (Å²) in [7, 11) is 1.80. The van der Waals surface area contributed by atoms with Crippen molar-refractivity contribution in [2.75, 3.05) is 11.9 Å². The Kier molecular flexibility index (Phi) is 6.58. The standard InChI is InChI=1S/C24H21F3N4O3/c1-30-21(10-11-28-30)20-16-18(6-9-22(20)33-15-14-31-12-2-3-13-31)29-23(32)17-4-7-19(8-5-17)34-24(25,26)27/h2-13,16H,14-15H2,1H3,(H,29,32). The van der Waals surface area contributed by atoms with Gasteiger partial charge in [0, 0.05) is 42.5 Å². The SMILES string of the molecule is Cn1nccc1-c1cc(NC(=O)c2ccc(OC(F)(F)F)cc2)ccc1OCCn1cccc1. The third-order valence-corrected chi connectivity index (χ3v) is 4.96. The van der Waals surface area contributed by atoms with Crippen LogP contribution in [-0.4, -0.2) is 33.2 Å². The van der Waals surface area contributed by atoms with E-state index in [1.165, 1.54) is 12.1 Å². The van der Waals surface area contributed by atoms with Crippen LogP contribution in [0.3, 0.4) is 0 Å². The summed E-state index contributed by atoms with van der Waals surface area (Å²) in [5.74, 6) is -0.248. The van der Waals surface area contributed by atoms with Gasteiger partial charge in [-0.3, -0.25) is 9.48 Å². The van der Waals surface area contributed by atoms with Crippen molar-refractivity contribution in [1.29, 1.82) is 0 Å². The molecule has 7 nitrogen and oxygen atoms in total. The van der Waals surface area contributed by atoms with Crippen molar-refractivity contribution < 1.29 is 27.4 Å². The van der Waals surface area contributed by atoms with Crippen molar-refractivity contribution >= 4 is 11.6 Å². The van der Waals surface area contributed by atoms with Gasteiger partial charge in [0.15, 0.2) is 0 Å². The van der Waals surface area contributed by atoms with Gasteiger partial charge in [-0.15, -0.1) is 13.2 Å². The van der Waals surface area contributed by atoms with Crippen LogP contribution in [0.1, 0.15) is 10.4 Å². The van der Waals surface area contributed by atoms with Gasteiger partial charge in [-0.25, -0.2) is 0 Å². The van der Waals surface area contributed by atoms with Gasteiger partial charge in [0.25, 0.3) is 5.91 Å². The largest absolute Gasteiger partial charge is 0.573 e. The maximum absolute atomic E-state index is 12.6. The lowest BCUT2D eigenvalue weighted by molar-refractivity contribution is -0.274. The number of nitrogens with one attached hydrogen (secondary N) is 1. The van der Waals surface area contributed by atoms with E-state index >= 15 is 0 Å². The molecule has 2 heterocycles. The third kappa shape index (κ3) is 5.77. The molecule has 0 aliphatic carbocycles. The number of rotatable bonds is 8. The van der Waals surface area contributed by atoms with Gasteiger partial charge in [0.05, 0.1) is 12.2 Å². The maximum atomic E-state index is 12.6. The van der Waals surface area contributed by atoms with Gasteiger partial charge in [-0.2, -0.15) is 5.10 Å². The molecule has 0 aliphatic rings. The van der Waals surface area contributed by atoms with Gasteiger partial charge in [-0.05, 0) is 60.7 Å². The highest BCUT2D eigenvalue weighted by molar-refractivity contribution is 6.04. The first-order chi connectivity index (χ1) is 16.3. The molecule has 0 atom stereocenters. The number of aryl methyl sites for hydroxylation is 1. The highest BCUT2D eigenvalue weighted by atomic mass is 19.4. The maximum Gasteiger partial charge on any atom is 0.573 e. The summed E-state index contributed by atoms with van der Waals surface area (Å²) >= 11 is 0. The number of hydrogen-bond acceptors (Lipinski definition) is 4. The molecule has 0 bridgehead atoms. The van der Waals surface area contributed by atoms with Crippen molar-refractivity contribution in [2.45, 2.75) is 12.9 Å². The molecule has 4 aromatic rings. The second-order valence-corrected chi connectivity index (χ2v) is 7.35. The zero-order valence-corrected chi connectivity index (χ0v) is 18.1. The summed E-state index contributed by atoms with van der Waals surface area (Å²) in [6.07, 6.45) is 0.768. The summed E-state index contributed by atoms with van der Waals surface area (Å²) < 4.78 is 50.5. The van der Waals surface area contributed by atoms with E-state index in [1.807, 2.05) is 35.2 Å². The molecule has 10 heteroatoms. The molecule has 0 fully saturated rings. The minimum Gasteiger partial charge on any atom is -0.491 e. The molecule has 0 saturated carbocycles. The van der Waals surface area contributed by atoms with Crippen molar-refractivity contribution in [3.63, 3.8) is 0 Å². The fourth-order valence-electron chi connectivity index (χ4n) is 3.36. The lowest BCUT2D eigenvalue weighted by atomic mass is 10.1. The van der Waals surface area contributed by atoms with E-state index in [4.69, 9.17) is 4.74 Å². The van der Waals surface area contributed by atoms with E-state index in [-0.39, 0.29) is 5.56 Å². The second-order valence-electron chi connectivity index (χ2n) is 7.35. The Bertz CT molecular complexity index is 1250. The fraction of sp³-hybridized carbons (Fsp3) is 0.167. The quantitative estimate of drug-likeness (QED) is 0.388. The molecule has 0 radical (unpaired) electrons. The average Bonchev–Trinajstić information content (AvgIpc) is 3.46. The van der Waals surface area contributed by atoms with E-state index in [9.17, 15) is 18.0 Å². The first-order valence-corrected chi connectivity index (χ1v) is 10.3. The summed E-state index contributed by atoms with van der Waals surface area (Å²) in [4.78, 5) is 12.6. The molecule has 1 amide bonds. The monoisotopic (exact) mass is 470 g/mol. The van der Waals surface area contributed by atoms with Crippen molar-refractivity contribution in [3.8, 4) is 22.8 Å². The van der Waals surface area contributed by atoms with Crippen molar-refractivity contribution in [2.24, 2.45) is 7.05 Å². The molecule has 4 rings (SSSR count). The Hall–Kier alpha value is -4.21. The molecule has 0 aliphatic heterocycles. The number of ether oxygens (including phenoxy) is 2. The van der Waals surface area contributed by atoms with Crippen LogP contribution in [-0.2, 0) is 13.6 Å². The van der Waals surface area contributed by atoms with E-state index in [1.54, 1.807) is 36.1 Å². The molecule has 1 N–H and O–H groups in total. The van der Waals surface area contributed by atoms with E-state index in [2.05, 4.69) is 15.2 Å². The van der Waals surface area contributed by atoms with Crippen LogP contribution in [0.2, 0.25) is 0 Å². The lowest BCUT2D eigenvalue weighted by Gasteiger charge is -2.15. The number of anilines is 1. The van der Waals surface area contributed by atoms with Crippen molar-refractivity contribution in [1.82, 2.24) is 14.3 Å². The number of aromatic nitrogens is 3. The molecular weight excluding hydrogens is 449 g/mol. The number of halogens is 3. The summed E-state index contributed by atoms with van der Waals surface area (Å²) in [6.45, 7) is 1.11. The molecule has 34 heavy (non-hydrogen) atoms. The van der Waals surface area contributed by atoms with Crippen molar-refractivity contribution in [3.05, 3.63) is 84.8 Å². The van der Waals surface area contributed by atoms with Gasteiger partial charge in [0.2, 0.25) is 0 Å². The second kappa shape index (κ2) is 9.74. The van der Waals surface area contributed by atoms with E-state index < -0.39 is 18.0 Å².